The molecule has 0 radical (unpaired) electrons. The molecule has 5 heteroatoms. The van der Waals surface area contributed by atoms with E-state index in [0.29, 0.717) is 31.0 Å². The molecule has 1 unspecified atom stereocenters. The molecule has 32 heavy (non-hydrogen) atoms. The average Bonchev–Trinajstić information content (AvgIpc) is 2.82. The Kier molecular flexibility index (Phi) is 8.88. The van der Waals surface area contributed by atoms with Crippen LogP contribution in [-0.4, -0.2) is 22.8 Å². The van der Waals surface area contributed by atoms with Crippen LogP contribution in [0.15, 0.2) is 84.9 Å². The predicted octanol–water partition coefficient (Wildman–Crippen LogP) is 5.40. The Hall–Kier alpha value is -3.11. The Morgan fingerprint density at radius 1 is 0.875 bits per heavy atom. The second-order valence-electron chi connectivity index (χ2n) is 7.77. The van der Waals surface area contributed by atoms with Gasteiger partial charge in [-0.15, -0.1) is 0 Å². The lowest BCUT2D eigenvalue weighted by Crippen LogP contribution is -2.50. The molecule has 0 aliphatic heterocycles. The summed E-state index contributed by atoms with van der Waals surface area (Å²) in [4.78, 5) is 28.3. The highest BCUT2D eigenvalue weighted by atomic mass is 35.5. The summed E-state index contributed by atoms with van der Waals surface area (Å²) in [7, 11) is 0. The van der Waals surface area contributed by atoms with Crippen molar-refractivity contribution >= 4 is 23.4 Å². The van der Waals surface area contributed by atoms with E-state index in [2.05, 4.69) is 5.32 Å². The number of hydrogen-bond donors (Lipinski definition) is 1. The van der Waals surface area contributed by atoms with Crippen LogP contribution >= 0.6 is 11.6 Å². The molecule has 1 atom stereocenters. The first kappa shape index (κ1) is 23.6. The van der Waals surface area contributed by atoms with Crippen LogP contribution in [0.3, 0.4) is 0 Å². The summed E-state index contributed by atoms with van der Waals surface area (Å²) in [6, 6.07) is 26.4. The first-order valence-electron chi connectivity index (χ1n) is 11.0. The standard InChI is InChI=1S/C27H29ClN2O2/c1-2-11-26(31)30(20-22-14-7-4-8-15-22)25(18-21-12-5-3-6-13-21)27(32)29-19-23-16-9-10-17-24(23)28/h3-10,12-17,25H,2,11,18-20H2,1H3,(H,29,32). The number of halogens is 1. The molecule has 166 valence electrons. The maximum atomic E-state index is 13.4. The number of rotatable bonds is 10. The Morgan fingerprint density at radius 2 is 1.47 bits per heavy atom. The summed E-state index contributed by atoms with van der Waals surface area (Å²) in [6.45, 7) is 2.67. The van der Waals surface area contributed by atoms with E-state index in [1.807, 2.05) is 85.8 Å². The van der Waals surface area contributed by atoms with Gasteiger partial charge in [-0.3, -0.25) is 9.59 Å². The van der Waals surface area contributed by atoms with Crippen molar-refractivity contribution in [2.75, 3.05) is 0 Å². The molecular weight excluding hydrogens is 420 g/mol. The average molecular weight is 449 g/mol. The van der Waals surface area contributed by atoms with E-state index in [4.69, 9.17) is 11.6 Å². The minimum absolute atomic E-state index is 0.0230. The van der Waals surface area contributed by atoms with Crippen molar-refractivity contribution in [1.82, 2.24) is 10.2 Å². The Bertz CT molecular complexity index is 1010. The van der Waals surface area contributed by atoms with E-state index < -0.39 is 6.04 Å². The van der Waals surface area contributed by atoms with Crippen molar-refractivity contribution in [2.45, 2.75) is 45.3 Å². The number of nitrogens with one attached hydrogen (secondary N) is 1. The zero-order valence-electron chi connectivity index (χ0n) is 18.3. The van der Waals surface area contributed by atoms with E-state index in [9.17, 15) is 9.59 Å². The van der Waals surface area contributed by atoms with Gasteiger partial charge in [-0.05, 0) is 29.2 Å². The largest absolute Gasteiger partial charge is 0.350 e. The summed E-state index contributed by atoms with van der Waals surface area (Å²) < 4.78 is 0. The first-order chi connectivity index (χ1) is 15.6. The Labute approximate surface area is 195 Å². The highest BCUT2D eigenvalue weighted by Gasteiger charge is 2.29. The van der Waals surface area contributed by atoms with Gasteiger partial charge in [0.1, 0.15) is 6.04 Å². The van der Waals surface area contributed by atoms with E-state index in [1.165, 1.54) is 0 Å². The SMILES string of the molecule is CCCC(=O)N(Cc1ccccc1)C(Cc1ccccc1)C(=O)NCc1ccccc1Cl. The molecule has 3 aromatic rings. The van der Waals surface area contributed by atoms with E-state index in [-0.39, 0.29) is 11.8 Å². The molecule has 4 nitrogen and oxygen atoms in total. The second-order valence-corrected chi connectivity index (χ2v) is 8.18. The van der Waals surface area contributed by atoms with Gasteiger partial charge in [-0.1, -0.05) is 97.4 Å². The van der Waals surface area contributed by atoms with Gasteiger partial charge in [0.2, 0.25) is 11.8 Å². The maximum absolute atomic E-state index is 13.4. The van der Waals surface area contributed by atoms with Crippen molar-refractivity contribution in [3.8, 4) is 0 Å². The fraction of sp³-hybridized carbons (Fsp3) is 0.259. The summed E-state index contributed by atoms with van der Waals surface area (Å²) in [6.07, 6.45) is 1.57. The zero-order chi connectivity index (χ0) is 22.8. The van der Waals surface area contributed by atoms with Crippen molar-refractivity contribution in [3.05, 3.63) is 107 Å². The molecule has 3 aromatic carbocycles. The van der Waals surface area contributed by atoms with E-state index in [1.54, 1.807) is 11.0 Å². The maximum Gasteiger partial charge on any atom is 0.243 e. The summed E-state index contributed by atoms with van der Waals surface area (Å²) >= 11 is 6.26. The van der Waals surface area contributed by atoms with Gasteiger partial charge in [0.25, 0.3) is 0 Å². The highest BCUT2D eigenvalue weighted by Crippen LogP contribution is 2.18. The van der Waals surface area contributed by atoms with Crippen molar-refractivity contribution in [1.29, 1.82) is 0 Å². The molecule has 2 amide bonds. The van der Waals surface area contributed by atoms with Crippen LogP contribution < -0.4 is 5.32 Å². The third-order valence-electron chi connectivity index (χ3n) is 5.34. The number of nitrogens with zero attached hydrogens (tertiary/aromatic N) is 1. The van der Waals surface area contributed by atoms with Crippen LogP contribution in [0.2, 0.25) is 5.02 Å². The molecule has 1 N–H and O–H groups in total. The van der Waals surface area contributed by atoms with Gasteiger partial charge in [-0.2, -0.15) is 0 Å². The molecule has 0 saturated carbocycles. The summed E-state index contributed by atoms with van der Waals surface area (Å²) in [5, 5.41) is 3.61. The first-order valence-corrected chi connectivity index (χ1v) is 11.3. The molecule has 0 aromatic heterocycles. The number of benzene rings is 3. The molecule has 0 heterocycles. The van der Waals surface area contributed by atoms with Crippen molar-refractivity contribution in [3.63, 3.8) is 0 Å². The lowest BCUT2D eigenvalue weighted by molar-refractivity contribution is -0.141. The third-order valence-corrected chi connectivity index (χ3v) is 5.71. The fourth-order valence-electron chi connectivity index (χ4n) is 3.63. The summed E-state index contributed by atoms with van der Waals surface area (Å²) in [5.74, 6) is -0.209. The van der Waals surface area contributed by atoms with E-state index >= 15 is 0 Å². The third kappa shape index (κ3) is 6.69. The number of carbonyl (C=O) groups is 2. The molecular formula is C27H29ClN2O2. The minimum Gasteiger partial charge on any atom is -0.350 e. The highest BCUT2D eigenvalue weighted by molar-refractivity contribution is 6.31. The Balaban J connectivity index is 1.87. The van der Waals surface area contributed by atoms with Crippen molar-refractivity contribution in [2.24, 2.45) is 0 Å². The normalized spacial score (nSPS) is 11.6. The van der Waals surface area contributed by atoms with Gasteiger partial charge in [-0.25, -0.2) is 0 Å². The van der Waals surface area contributed by atoms with Gasteiger partial charge >= 0.3 is 0 Å². The topological polar surface area (TPSA) is 49.4 Å². The van der Waals surface area contributed by atoms with Gasteiger partial charge in [0, 0.05) is 31.0 Å². The van der Waals surface area contributed by atoms with Crippen LogP contribution in [0.25, 0.3) is 0 Å². The molecule has 0 saturated heterocycles. The lowest BCUT2D eigenvalue weighted by atomic mass is 10.0. The molecule has 0 fully saturated rings. The molecule has 0 aliphatic rings. The zero-order valence-corrected chi connectivity index (χ0v) is 19.1. The van der Waals surface area contributed by atoms with E-state index in [0.717, 1.165) is 23.1 Å². The smallest absolute Gasteiger partial charge is 0.243 e. The number of amides is 2. The molecule has 0 spiro atoms. The predicted molar refractivity (Wildman–Crippen MR) is 129 cm³/mol. The molecule has 0 bridgehead atoms. The van der Waals surface area contributed by atoms with Gasteiger partial charge in [0.05, 0.1) is 0 Å². The number of carbonyl (C=O) groups excluding carboxylic acids is 2. The quantitative estimate of drug-likeness (QED) is 0.451. The number of hydrogen-bond acceptors (Lipinski definition) is 2. The van der Waals surface area contributed by atoms with Gasteiger partial charge < -0.3 is 10.2 Å². The fourth-order valence-corrected chi connectivity index (χ4v) is 3.84. The monoisotopic (exact) mass is 448 g/mol. The van der Waals surface area contributed by atoms with Crippen LogP contribution in [0.1, 0.15) is 36.5 Å². The molecule has 0 aliphatic carbocycles. The summed E-state index contributed by atoms with van der Waals surface area (Å²) in [5.41, 5.74) is 2.84. The molecule has 3 rings (SSSR count). The van der Waals surface area contributed by atoms with Gasteiger partial charge in [0.15, 0.2) is 0 Å². The van der Waals surface area contributed by atoms with Crippen LogP contribution in [-0.2, 0) is 29.1 Å². The minimum atomic E-state index is -0.626. The van der Waals surface area contributed by atoms with Crippen molar-refractivity contribution < 1.29 is 9.59 Å². The van der Waals surface area contributed by atoms with Crippen LogP contribution in [0.5, 0.6) is 0 Å². The van der Waals surface area contributed by atoms with Crippen LogP contribution in [0, 0.1) is 0 Å². The second kappa shape index (κ2) is 12.1. The Morgan fingerprint density at radius 3 is 2.09 bits per heavy atom. The van der Waals surface area contributed by atoms with Crippen LogP contribution in [0.4, 0.5) is 0 Å². The lowest BCUT2D eigenvalue weighted by Gasteiger charge is -2.31.